The first-order valence-electron chi connectivity index (χ1n) is 9.01. The van der Waals surface area contributed by atoms with E-state index in [4.69, 9.17) is 9.47 Å². The van der Waals surface area contributed by atoms with Gasteiger partial charge in [-0.05, 0) is 24.3 Å². The summed E-state index contributed by atoms with van der Waals surface area (Å²) < 4.78 is 14.8. The van der Waals surface area contributed by atoms with Crippen LogP contribution in [-0.4, -0.2) is 53.6 Å². The molecule has 30 heavy (non-hydrogen) atoms. The van der Waals surface area contributed by atoms with E-state index in [1.165, 1.54) is 16.9 Å². The van der Waals surface area contributed by atoms with Gasteiger partial charge in [0.1, 0.15) is 36.3 Å². The number of aromatic nitrogens is 5. The average Bonchev–Trinajstić information content (AvgIpc) is 3.31. The van der Waals surface area contributed by atoms with E-state index in [2.05, 4.69) is 31.2 Å². The fraction of sp³-hybridized carbons (Fsp3) is 0.333. The highest BCUT2D eigenvalue weighted by molar-refractivity contribution is 9.10. The Hall–Kier alpha value is -2.80. The smallest absolute Gasteiger partial charge is 0.330 e. The van der Waals surface area contributed by atoms with Crippen molar-refractivity contribution in [1.29, 1.82) is 0 Å². The highest BCUT2D eigenvalue weighted by Gasteiger charge is 2.46. The maximum absolute atomic E-state index is 12.2. The number of ether oxygens (including phenoxy) is 2. The highest BCUT2D eigenvalue weighted by atomic mass is 79.9. The number of aliphatic hydroxyl groups excluding tert-OH is 2. The number of halogens is 1. The van der Waals surface area contributed by atoms with Gasteiger partial charge in [-0.15, -0.1) is 5.10 Å². The minimum absolute atomic E-state index is 0.137. The van der Waals surface area contributed by atoms with Crippen molar-refractivity contribution in [3.8, 4) is 5.75 Å². The molecule has 0 unspecified atom stereocenters. The Bertz CT molecular complexity index is 1130. The molecule has 0 radical (unpaired) electrons. The average molecular weight is 480 g/mol. The molecule has 3 heterocycles. The third kappa shape index (κ3) is 4.07. The molecule has 0 amide bonds. The molecule has 0 spiro atoms. The minimum atomic E-state index is -1.17. The monoisotopic (exact) mass is 479 g/mol. The maximum atomic E-state index is 12.2. The molecule has 4 rings (SSSR count). The lowest BCUT2D eigenvalue weighted by Gasteiger charge is -2.21. The highest BCUT2D eigenvalue weighted by Crippen LogP contribution is 2.37. The van der Waals surface area contributed by atoms with Crippen LogP contribution >= 0.6 is 15.9 Å². The Morgan fingerprint density at radius 3 is 2.70 bits per heavy atom. The lowest BCUT2D eigenvalue weighted by Crippen LogP contribution is -2.36. The molecule has 0 aliphatic carbocycles. The van der Waals surface area contributed by atoms with Gasteiger partial charge in [-0.1, -0.05) is 21.1 Å². The first-order valence-corrected chi connectivity index (χ1v) is 9.80. The summed E-state index contributed by atoms with van der Waals surface area (Å²) in [6.07, 6.45) is -0.283. The van der Waals surface area contributed by atoms with Gasteiger partial charge >= 0.3 is 5.69 Å². The van der Waals surface area contributed by atoms with Crippen LogP contribution in [0.15, 0.2) is 56.8 Å². The number of nitrogens with zero attached hydrogens (tertiary/aromatic N) is 4. The number of hydrogen-bond donors (Lipinski definition) is 3. The second-order valence-electron chi connectivity index (χ2n) is 6.68. The molecule has 2 aromatic heterocycles. The molecule has 3 aromatic rings. The van der Waals surface area contributed by atoms with E-state index in [1.807, 2.05) is 12.1 Å². The normalized spacial score (nSPS) is 23.6. The number of aliphatic hydroxyl groups is 2. The van der Waals surface area contributed by atoms with Crippen LogP contribution in [0.3, 0.4) is 0 Å². The molecule has 1 aliphatic heterocycles. The molecule has 12 heteroatoms. The summed E-state index contributed by atoms with van der Waals surface area (Å²) in [6.45, 7) is -0.321. The van der Waals surface area contributed by atoms with Crippen LogP contribution < -0.4 is 16.0 Å². The van der Waals surface area contributed by atoms with E-state index >= 15 is 0 Å². The van der Waals surface area contributed by atoms with Crippen LogP contribution in [0, 0.1) is 0 Å². The molecule has 0 saturated carbocycles. The van der Waals surface area contributed by atoms with Crippen LogP contribution in [0.4, 0.5) is 0 Å². The zero-order valence-electron chi connectivity index (χ0n) is 15.5. The fourth-order valence-electron chi connectivity index (χ4n) is 3.24. The van der Waals surface area contributed by atoms with Crippen molar-refractivity contribution in [1.82, 2.24) is 24.5 Å². The zero-order chi connectivity index (χ0) is 21.3. The first-order chi connectivity index (χ1) is 14.5. The summed E-state index contributed by atoms with van der Waals surface area (Å²) in [6, 6.07) is 7.60. The molecule has 1 aliphatic rings. The van der Waals surface area contributed by atoms with Gasteiger partial charge < -0.3 is 19.7 Å². The Morgan fingerprint density at radius 2 is 2.00 bits per heavy atom. The molecule has 11 nitrogen and oxygen atoms in total. The van der Waals surface area contributed by atoms with Crippen molar-refractivity contribution in [3.05, 3.63) is 73.7 Å². The van der Waals surface area contributed by atoms with Crippen molar-refractivity contribution in [2.75, 3.05) is 6.61 Å². The van der Waals surface area contributed by atoms with Crippen LogP contribution in [0.1, 0.15) is 18.0 Å². The van der Waals surface area contributed by atoms with Crippen molar-refractivity contribution >= 4 is 15.9 Å². The summed E-state index contributed by atoms with van der Waals surface area (Å²) in [4.78, 5) is 25.7. The fourth-order valence-corrected chi connectivity index (χ4v) is 3.50. The number of benzene rings is 1. The van der Waals surface area contributed by atoms with Crippen molar-refractivity contribution in [3.63, 3.8) is 0 Å². The molecule has 1 aromatic carbocycles. The predicted molar refractivity (Wildman–Crippen MR) is 106 cm³/mol. The number of nitrogens with one attached hydrogen (secondary N) is 1. The number of aromatic amines is 1. The standard InChI is InChI=1S/C18H18BrN5O6/c19-10-1-3-12(4-2-10)29-9-11-7-24(22-21-11)15-16(27)13(8-25)30-17(15)23-6-5-14(26)20-18(23)28/h1-7,13,15-17,25,27H,8-9H2,(H,20,26,28)/t13-,15-,16-,17-/m1/s1. The van der Waals surface area contributed by atoms with Gasteiger partial charge in [-0.3, -0.25) is 14.3 Å². The zero-order valence-corrected chi connectivity index (χ0v) is 17.0. The minimum Gasteiger partial charge on any atom is -0.487 e. The summed E-state index contributed by atoms with van der Waals surface area (Å²) in [5, 5.41) is 28.2. The third-order valence-corrected chi connectivity index (χ3v) is 5.23. The molecule has 3 N–H and O–H groups in total. The Balaban J connectivity index is 1.57. The Labute approximate surface area is 177 Å². The van der Waals surface area contributed by atoms with Gasteiger partial charge in [0, 0.05) is 16.7 Å². The number of rotatable bonds is 6. The number of H-pyrrole nitrogens is 1. The first kappa shape index (κ1) is 20.5. The van der Waals surface area contributed by atoms with Gasteiger partial charge in [0.05, 0.1) is 12.8 Å². The van der Waals surface area contributed by atoms with Gasteiger partial charge in [0.2, 0.25) is 0 Å². The second kappa shape index (κ2) is 8.52. The summed E-state index contributed by atoms with van der Waals surface area (Å²) in [5.41, 5.74) is -0.773. The lowest BCUT2D eigenvalue weighted by molar-refractivity contribution is -0.0479. The Morgan fingerprint density at radius 1 is 1.23 bits per heavy atom. The molecule has 1 fully saturated rings. The maximum Gasteiger partial charge on any atom is 0.330 e. The summed E-state index contributed by atoms with van der Waals surface area (Å²) >= 11 is 3.35. The predicted octanol–water partition coefficient (Wildman–Crippen LogP) is -0.0385. The number of hydrogen-bond acceptors (Lipinski definition) is 8. The third-order valence-electron chi connectivity index (χ3n) is 4.71. The molecular formula is C18H18BrN5O6. The summed E-state index contributed by atoms with van der Waals surface area (Å²) in [5.74, 6) is 0.648. The Kier molecular flexibility index (Phi) is 5.81. The van der Waals surface area contributed by atoms with Gasteiger partial charge in [-0.25, -0.2) is 9.48 Å². The largest absolute Gasteiger partial charge is 0.487 e. The topological polar surface area (TPSA) is 144 Å². The molecular weight excluding hydrogens is 462 g/mol. The summed E-state index contributed by atoms with van der Waals surface area (Å²) in [7, 11) is 0. The molecule has 158 valence electrons. The van der Waals surface area contributed by atoms with E-state index in [1.54, 1.807) is 18.3 Å². The van der Waals surface area contributed by atoms with Gasteiger partial charge in [-0.2, -0.15) is 0 Å². The van der Waals surface area contributed by atoms with E-state index in [0.717, 1.165) is 9.04 Å². The van der Waals surface area contributed by atoms with E-state index in [0.29, 0.717) is 11.4 Å². The van der Waals surface area contributed by atoms with E-state index in [9.17, 15) is 19.8 Å². The van der Waals surface area contributed by atoms with E-state index in [-0.39, 0.29) is 6.61 Å². The SMILES string of the molecule is O=c1ccn([C@@H]2O[C@H](CO)[C@@H](O)[C@H]2n2cc(COc3ccc(Br)cc3)nn2)c(=O)[nH]1. The van der Waals surface area contributed by atoms with Crippen LogP contribution in [-0.2, 0) is 11.3 Å². The van der Waals surface area contributed by atoms with Gasteiger partial charge in [0.25, 0.3) is 5.56 Å². The molecule has 0 bridgehead atoms. The van der Waals surface area contributed by atoms with Crippen LogP contribution in [0.2, 0.25) is 0 Å². The molecule has 4 atom stereocenters. The second-order valence-corrected chi connectivity index (χ2v) is 7.59. The van der Waals surface area contributed by atoms with Crippen molar-refractivity contribution < 1.29 is 19.7 Å². The lowest BCUT2D eigenvalue weighted by atomic mass is 10.1. The van der Waals surface area contributed by atoms with Gasteiger partial charge in [0.15, 0.2) is 6.23 Å². The van der Waals surface area contributed by atoms with Crippen molar-refractivity contribution in [2.24, 2.45) is 0 Å². The van der Waals surface area contributed by atoms with E-state index < -0.39 is 42.3 Å². The quantitative estimate of drug-likeness (QED) is 0.446. The van der Waals surface area contributed by atoms with Crippen LogP contribution in [0.25, 0.3) is 0 Å². The molecule has 1 saturated heterocycles. The van der Waals surface area contributed by atoms with Crippen LogP contribution in [0.5, 0.6) is 5.75 Å². The van der Waals surface area contributed by atoms with Crippen molar-refractivity contribution in [2.45, 2.75) is 31.1 Å².